The van der Waals surface area contributed by atoms with Gasteiger partial charge in [0.2, 0.25) is 0 Å². The lowest BCUT2D eigenvalue weighted by Crippen LogP contribution is -2.33. The minimum atomic E-state index is -0.317. The number of ether oxygens (including phenoxy) is 2. The molecule has 0 saturated heterocycles. The monoisotopic (exact) mass is 598 g/mol. The molecule has 0 bridgehead atoms. The fraction of sp³-hybridized carbons (Fsp3) is 0.784. The predicted octanol–water partition coefficient (Wildman–Crippen LogP) is 8.98. The second-order valence-electron chi connectivity index (χ2n) is 15.2. The second-order valence-corrected chi connectivity index (χ2v) is 15.2. The molecular weight excluding hydrogens is 536 g/mol. The molecule has 2 fully saturated rings. The van der Waals surface area contributed by atoms with Gasteiger partial charge in [0.05, 0.1) is 25.3 Å². The van der Waals surface area contributed by atoms with Crippen molar-refractivity contribution in [1.29, 1.82) is 0 Å². The van der Waals surface area contributed by atoms with Crippen LogP contribution in [0.2, 0.25) is 0 Å². The van der Waals surface area contributed by atoms with Gasteiger partial charge >= 0.3 is 11.9 Å². The minimum Gasteiger partial charge on any atom is -0.462 e. The Morgan fingerprint density at radius 2 is 1.02 bits per heavy atom. The fourth-order valence-electron chi connectivity index (χ4n) is 6.52. The zero-order valence-corrected chi connectivity index (χ0v) is 29.2. The Morgan fingerprint density at radius 3 is 1.33 bits per heavy atom. The Kier molecular flexibility index (Phi) is 13.9. The normalized spacial score (nSPS) is 27.4. The van der Waals surface area contributed by atoms with Gasteiger partial charge in [0.1, 0.15) is 0 Å². The summed E-state index contributed by atoms with van der Waals surface area (Å²) in [6, 6.07) is 0.765. The van der Waals surface area contributed by atoms with Crippen molar-refractivity contribution in [3.05, 3.63) is 24.3 Å². The molecule has 244 valence electrons. The standard InChI is InChI=1S/C37H62N2O4/c1-24(2)34(40)42-19-17-36(9,10)28(7)38-32-15-13-30(21-26(32)5)23-31-14-16-33(27(6)22-31)39-29(8)37(11,12)18-20-43-35(41)25(3)4/h26-27,30-33H,1,3,13-23H2,2,4-12H3. The summed E-state index contributed by atoms with van der Waals surface area (Å²) in [5, 5.41) is 0. The zero-order valence-electron chi connectivity index (χ0n) is 29.2. The quantitative estimate of drug-likeness (QED) is 0.114. The number of aliphatic imine (C=N–C) groups is 2. The Morgan fingerprint density at radius 1 is 0.674 bits per heavy atom. The van der Waals surface area contributed by atoms with Crippen LogP contribution >= 0.6 is 0 Å². The lowest BCUT2D eigenvalue weighted by molar-refractivity contribution is -0.140. The largest absolute Gasteiger partial charge is 0.462 e. The summed E-state index contributed by atoms with van der Waals surface area (Å²) in [4.78, 5) is 33.9. The SMILES string of the molecule is C=C(C)C(=O)OCCC(C)(C)C(C)=NC1CCC(CC2CCC(N=C(C)C(C)(C)CCOC(=O)C(=C)C)C(C)C2)CC1C. The average molecular weight is 599 g/mol. The lowest BCUT2D eigenvalue weighted by Gasteiger charge is -2.38. The van der Waals surface area contributed by atoms with Gasteiger partial charge in [-0.25, -0.2) is 9.59 Å². The maximum atomic E-state index is 11.7. The molecule has 2 aliphatic rings. The third-order valence-electron chi connectivity index (χ3n) is 10.4. The predicted molar refractivity (Wildman–Crippen MR) is 180 cm³/mol. The first kappa shape index (κ1) is 36.9. The van der Waals surface area contributed by atoms with Crippen LogP contribution < -0.4 is 0 Å². The zero-order chi connectivity index (χ0) is 32.5. The van der Waals surface area contributed by atoms with Crippen LogP contribution in [0.5, 0.6) is 0 Å². The van der Waals surface area contributed by atoms with E-state index in [1.807, 2.05) is 0 Å². The summed E-state index contributed by atoms with van der Waals surface area (Å²) in [5.74, 6) is 2.12. The number of carbonyl (C=O) groups excluding carboxylic acids is 2. The maximum absolute atomic E-state index is 11.7. The highest BCUT2D eigenvalue weighted by Crippen LogP contribution is 2.41. The molecule has 0 radical (unpaired) electrons. The van der Waals surface area contributed by atoms with E-state index in [0.717, 1.165) is 48.9 Å². The molecule has 2 saturated carbocycles. The molecule has 0 aromatic rings. The number of nitrogens with zero attached hydrogens (tertiary/aromatic N) is 2. The molecule has 6 unspecified atom stereocenters. The van der Waals surface area contributed by atoms with E-state index in [0.29, 0.717) is 48.3 Å². The first-order chi connectivity index (χ1) is 19.9. The molecular formula is C37H62N2O4. The van der Waals surface area contributed by atoms with Gasteiger partial charge in [-0.05, 0) is 109 Å². The molecule has 2 rings (SSSR count). The number of hydrogen-bond donors (Lipinski definition) is 0. The first-order valence-electron chi connectivity index (χ1n) is 16.7. The van der Waals surface area contributed by atoms with Crippen molar-refractivity contribution in [2.75, 3.05) is 13.2 Å². The molecule has 0 aromatic carbocycles. The minimum absolute atomic E-state index is 0.103. The van der Waals surface area contributed by atoms with E-state index in [1.165, 1.54) is 32.1 Å². The highest BCUT2D eigenvalue weighted by molar-refractivity contribution is 5.89. The van der Waals surface area contributed by atoms with E-state index in [1.54, 1.807) is 13.8 Å². The number of carbonyl (C=O) groups is 2. The Balaban J connectivity index is 1.84. The molecule has 6 heteroatoms. The summed E-state index contributed by atoms with van der Waals surface area (Å²) in [5.41, 5.74) is 3.00. The van der Waals surface area contributed by atoms with Crippen LogP contribution in [0.1, 0.15) is 127 Å². The van der Waals surface area contributed by atoms with Crippen LogP contribution in [0.3, 0.4) is 0 Å². The van der Waals surface area contributed by atoms with Crippen molar-refractivity contribution in [3.63, 3.8) is 0 Å². The molecule has 0 aromatic heterocycles. The van der Waals surface area contributed by atoms with Gasteiger partial charge in [-0.15, -0.1) is 0 Å². The van der Waals surface area contributed by atoms with Crippen LogP contribution in [-0.4, -0.2) is 48.7 Å². The van der Waals surface area contributed by atoms with Gasteiger partial charge in [-0.3, -0.25) is 9.98 Å². The third-order valence-corrected chi connectivity index (χ3v) is 10.4. The third kappa shape index (κ3) is 11.6. The van der Waals surface area contributed by atoms with Crippen LogP contribution in [0.25, 0.3) is 0 Å². The topological polar surface area (TPSA) is 77.3 Å². The smallest absolute Gasteiger partial charge is 0.333 e. The molecule has 43 heavy (non-hydrogen) atoms. The summed E-state index contributed by atoms with van der Waals surface area (Å²) in [7, 11) is 0. The molecule has 2 aliphatic carbocycles. The molecule has 6 atom stereocenters. The van der Waals surface area contributed by atoms with Gasteiger partial charge in [0, 0.05) is 33.4 Å². The molecule has 0 amide bonds. The van der Waals surface area contributed by atoms with E-state index in [2.05, 4.69) is 68.5 Å². The van der Waals surface area contributed by atoms with E-state index >= 15 is 0 Å². The molecule has 6 nitrogen and oxygen atoms in total. The Bertz CT molecular complexity index is 971. The van der Waals surface area contributed by atoms with E-state index in [9.17, 15) is 9.59 Å². The Hall–Kier alpha value is -2.24. The number of rotatable bonds is 14. The van der Waals surface area contributed by atoms with Gasteiger partial charge in [0.15, 0.2) is 0 Å². The van der Waals surface area contributed by atoms with Crippen LogP contribution in [0, 0.1) is 34.5 Å². The highest BCUT2D eigenvalue weighted by Gasteiger charge is 2.34. The van der Waals surface area contributed by atoms with Crippen molar-refractivity contribution < 1.29 is 19.1 Å². The summed E-state index contributed by atoms with van der Waals surface area (Å²) >= 11 is 0. The van der Waals surface area contributed by atoms with Gasteiger partial charge in [-0.1, -0.05) is 54.7 Å². The van der Waals surface area contributed by atoms with Crippen LogP contribution in [0.4, 0.5) is 0 Å². The average Bonchev–Trinajstić information content (AvgIpc) is 2.91. The van der Waals surface area contributed by atoms with Crippen LogP contribution in [-0.2, 0) is 19.1 Å². The van der Waals surface area contributed by atoms with Crippen molar-refractivity contribution in [1.82, 2.24) is 0 Å². The van der Waals surface area contributed by atoms with E-state index in [-0.39, 0.29) is 22.8 Å². The molecule has 0 aliphatic heterocycles. The van der Waals surface area contributed by atoms with Crippen molar-refractivity contribution >= 4 is 23.4 Å². The summed E-state index contributed by atoms with van der Waals surface area (Å²) < 4.78 is 10.7. The van der Waals surface area contributed by atoms with Gasteiger partial charge in [-0.2, -0.15) is 0 Å². The Labute approximate surface area is 263 Å². The second kappa shape index (κ2) is 16.2. The number of esters is 2. The molecule has 0 N–H and O–H groups in total. The van der Waals surface area contributed by atoms with Crippen LogP contribution in [0.15, 0.2) is 34.3 Å². The van der Waals surface area contributed by atoms with Crippen molar-refractivity contribution in [2.45, 2.75) is 139 Å². The fourth-order valence-corrected chi connectivity index (χ4v) is 6.52. The van der Waals surface area contributed by atoms with Crippen molar-refractivity contribution in [3.8, 4) is 0 Å². The highest BCUT2D eigenvalue weighted by atomic mass is 16.5. The number of hydrogen-bond acceptors (Lipinski definition) is 6. The van der Waals surface area contributed by atoms with E-state index in [4.69, 9.17) is 19.5 Å². The maximum Gasteiger partial charge on any atom is 0.333 e. The summed E-state index contributed by atoms with van der Waals surface area (Å²) in [6.07, 6.45) is 10.2. The van der Waals surface area contributed by atoms with Gasteiger partial charge in [0.25, 0.3) is 0 Å². The lowest BCUT2D eigenvalue weighted by atomic mass is 9.70. The first-order valence-corrected chi connectivity index (χ1v) is 16.7. The molecule has 0 spiro atoms. The molecule has 0 heterocycles. The van der Waals surface area contributed by atoms with Gasteiger partial charge < -0.3 is 9.47 Å². The summed E-state index contributed by atoms with van der Waals surface area (Å²) in [6.45, 7) is 29.3. The van der Waals surface area contributed by atoms with E-state index < -0.39 is 0 Å². The van der Waals surface area contributed by atoms with Crippen molar-refractivity contribution in [2.24, 2.45) is 44.5 Å².